The molecule has 1 aliphatic carbocycles. The van der Waals surface area contributed by atoms with Crippen LogP contribution in [0.25, 0.3) is 0 Å². The Balaban J connectivity index is 1.57. The molecular weight excluding hydrogens is 426 g/mol. The number of thiophene rings is 1. The van der Waals surface area contributed by atoms with Crippen LogP contribution in [0.15, 0.2) is 24.3 Å². The van der Waals surface area contributed by atoms with Gasteiger partial charge in [0.05, 0.1) is 17.2 Å². The molecule has 0 radical (unpaired) electrons. The number of carbonyl (C=O) groups excluding carboxylic acids is 2. The van der Waals surface area contributed by atoms with E-state index in [2.05, 4.69) is 15.4 Å². The van der Waals surface area contributed by atoms with Crippen LogP contribution >= 0.6 is 11.3 Å². The molecule has 31 heavy (non-hydrogen) atoms. The Kier molecular flexibility index (Phi) is 6.82. The number of anilines is 1. The Morgan fingerprint density at radius 3 is 2.74 bits per heavy atom. The molecule has 1 aliphatic heterocycles. The van der Waals surface area contributed by atoms with Crippen molar-refractivity contribution >= 4 is 28.2 Å². The number of halogens is 2. The number of hydrogen-bond donors (Lipinski definition) is 2. The van der Waals surface area contributed by atoms with Gasteiger partial charge in [0, 0.05) is 18.0 Å². The van der Waals surface area contributed by atoms with E-state index in [0.717, 1.165) is 49.0 Å². The van der Waals surface area contributed by atoms with Crippen molar-refractivity contribution in [2.45, 2.75) is 51.2 Å². The van der Waals surface area contributed by atoms with E-state index in [1.165, 1.54) is 29.5 Å². The molecule has 0 bridgehead atoms. The average Bonchev–Trinajstić information content (AvgIpc) is 3.39. The summed E-state index contributed by atoms with van der Waals surface area (Å²) < 4.78 is 35.5. The summed E-state index contributed by atoms with van der Waals surface area (Å²) in [6, 6.07) is 5.82. The molecule has 166 valence electrons. The molecule has 2 amide bonds. The summed E-state index contributed by atoms with van der Waals surface area (Å²) in [5.74, 6) is -1.05. The van der Waals surface area contributed by atoms with Crippen LogP contribution in [0.5, 0.6) is 5.75 Å². The number of carbonyl (C=O) groups is 2. The van der Waals surface area contributed by atoms with E-state index in [1.807, 2.05) is 0 Å². The van der Waals surface area contributed by atoms with Gasteiger partial charge in [0.25, 0.3) is 11.8 Å². The van der Waals surface area contributed by atoms with Gasteiger partial charge in [0.1, 0.15) is 10.8 Å². The quantitative estimate of drug-likeness (QED) is 0.656. The second kappa shape index (κ2) is 9.74. The highest BCUT2D eigenvalue weighted by Crippen LogP contribution is 2.38. The second-order valence-electron chi connectivity index (χ2n) is 7.59. The number of nitrogens with one attached hydrogen (secondary N) is 2. The van der Waals surface area contributed by atoms with Crippen LogP contribution in [0.2, 0.25) is 0 Å². The van der Waals surface area contributed by atoms with Crippen molar-refractivity contribution < 1.29 is 27.8 Å². The summed E-state index contributed by atoms with van der Waals surface area (Å²) in [7, 11) is 0. The molecule has 1 aromatic heterocycles. The topological polar surface area (TPSA) is 76.7 Å². The van der Waals surface area contributed by atoms with Gasteiger partial charge < -0.3 is 20.1 Å². The van der Waals surface area contributed by atoms with Gasteiger partial charge in [0.15, 0.2) is 0 Å². The van der Waals surface area contributed by atoms with Crippen molar-refractivity contribution in [3.8, 4) is 5.75 Å². The van der Waals surface area contributed by atoms with E-state index in [0.29, 0.717) is 23.7 Å². The highest BCUT2D eigenvalue weighted by molar-refractivity contribution is 7.17. The van der Waals surface area contributed by atoms with Crippen LogP contribution in [0.3, 0.4) is 0 Å². The van der Waals surface area contributed by atoms with Crippen LogP contribution in [-0.4, -0.2) is 37.7 Å². The van der Waals surface area contributed by atoms with Gasteiger partial charge in [0.2, 0.25) is 0 Å². The smallest absolute Gasteiger partial charge is 0.387 e. The van der Waals surface area contributed by atoms with E-state index < -0.39 is 12.5 Å². The molecule has 6 nitrogen and oxygen atoms in total. The van der Waals surface area contributed by atoms with Crippen molar-refractivity contribution in [2.75, 3.05) is 18.5 Å². The lowest BCUT2D eigenvalue weighted by Gasteiger charge is -2.15. The first kappa shape index (κ1) is 21.7. The number of amides is 2. The van der Waals surface area contributed by atoms with E-state index in [9.17, 15) is 18.4 Å². The van der Waals surface area contributed by atoms with Gasteiger partial charge in [-0.15, -0.1) is 11.3 Å². The Morgan fingerprint density at radius 1 is 1.16 bits per heavy atom. The average molecular weight is 451 g/mol. The predicted octanol–water partition coefficient (Wildman–Crippen LogP) is 4.39. The van der Waals surface area contributed by atoms with Crippen molar-refractivity contribution in [1.29, 1.82) is 0 Å². The van der Waals surface area contributed by atoms with Crippen LogP contribution in [0.4, 0.5) is 13.8 Å². The summed E-state index contributed by atoms with van der Waals surface area (Å²) in [4.78, 5) is 27.0. The number of aryl methyl sites for hydroxylation is 1. The Hall–Kier alpha value is -2.52. The van der Waals surface area contributed by atoms with Crippen molar-refractivity contribution in [3.05, 3.63) is 45.8 Å². The van der Waals surface area contributed by atoms with Crippen LogP contribution < -0.4 is 15.4 Å². The molecule has 2 aromatic rings. The first-order valence-electron chi connectivity index (χ1n) is 10.4. The molecule has 2 aliphatic rings. The van der Waals surface area contributed by atoms with Gasteiger partial charge in [-0.1, -0.05) is 12.1 Å². The largest absolute Gasteiger partial charge is 0.434 e. The molecule has 1 fully saturated rings. The minimum absolute atomic E-state index is 0.00910. The lowest BCUT2D eigenvalue weighted by Crippen LogP contribution is -2.32. The van der Waals surface area contributed by atoms with Crippen molar-refractivity contribution in [1.82, 2.24) is 5.32 Å². The maximum atomic E-state index is 13.1. The lowest BCUT2D eigenvalue weighted by atomic mass is 9.95. The third kappa shape index (κ3) is 5.04. The molecule has 0 saturated carbocycles. The Morgan fingerprint density at radius 2 is 1.97 bits per heavy atom. The SMILES string of the molecule is O=C(Nc1sc2c(c1C(=O)NCC1CCCO1)CCCC2)c1ccccc1OC(F)F. The van der Waals surface area contributed by atoms with Gasteiger partial charge in [-0.3, -0.25) is 9.59 Å². The summed E-state index contributed by atoms with van der Waals surface area (Å²) in [5, 5.41) is 6.14. The number of alkyl halides is 2. The van der Waals surface area contributed by atoms with Crippen LogP contribution in [0.1, 0.15) is 56.8 Å². The fourth-order valence-electron chi connectivity index (χ4n) is 4.02. The zero-order chi connectivity index (χ0) is 21.8. The van der Waals surface area contributed by atoms with Gasteiger partial charge in [-0.25, -0.2) is 0 Å². The van der Waals surface area contributed by atoms with Crippen molar-refractivity contribution in [3.63, 3.8) is 0 Å². The minimum atomic E-state index is -3.04. The highest BCUT2D eigenvalue weighted by Gasteiger charge is 2.28. The Labute approximate surface area is 182 Å². The van der Waals surface area contributed by atoms with E-state index in [1.54, 1.807) is 6.07 Å². The number of hydrogen-bond acceptors (Lipinski definition) is 5. The standard InChI is InChI=1S/C22H24F2N2O4S/c23-22(24)30-16-9-3-1-7-14(16)19(27)26-21-18(15-8-2-4-10-17(15)31-21)20(28)25-12-13-6-5-11-29-13/h1,3,7,9,13,22H,2,4-6,8,10-12H2,(H,25,28)(H,26,27). The maximum Gasteiger partial charge on any atom is 0.387 e. The molecule has 1 saturated heterocycles. The molecule has 9 heteroatoms. The fraction of sp³-hybridized carbons (Fsp3) is 0.455. The summed E-state index contributed by atoms with van der Waals surface area (Å²) in [5.41, 5.74) is 1.42. The molecule has 1 aromatic carbocycles. The molecule has 2 N–H and O–H groups in total. The summed E-state index contributed by atoms with van der Waals surface area (Å²) >= 11 is 1.38. The van der Waals surface area contributed by atoms with E-state index in [4.69, 9.17) is 4.74 Å². The monoisotopic (exact) mass is 450 g/mol. The number of rotatable bonds is 7. The number of fused-ring (bicyclic) bond motifs is 1. The van der Waals surface area contributed by atoms with Gasteiger partial charge >= 0.3 is 6.61 Å². The molecular formula is C22H24F2N2O4S. The van der Waals surface area contributed by atoms with E-state index >= 15 is 0 Å². The predicted molar refractivity (Wildman–Crippen MR) is 113 cm³/mol. The number of benzene rings is 1. The van der Waals surface area contributed by atoms with Crippen LogP contribution in [0, 0.1) is 0 Å². The summed E-state index contributed by atoms with van der Waals surface area (Å²) in [6.07, 6.45) is 5.54. The zero-order valence-electron chi connectivity index (χ0n) is 16.9. The lowest BCUT2D eigenvalue weighted by molar-refractivity contribution is -0.0501. The van der Waals surface area contributed by atoms with Crippen LogP contribution in [-0.2, 0) is 17.6 Å². The number of para-hydroxylation sites is 1. The normalized spacial score (nSPS) is 18.0. The second-order valence-corrected chi connectivity index (χ2v) is 8.69. The Bertz CT molecular complexity index is 957. The molecule has 2 heterocycles. The highest BCUT2D eigenvalue weighted by atomic mass is 32.1. The zero-order valence-corrected chi connectivity index (χ0v) is 17.7. The van der Waals surface area contributed by atoms with Gasteiger partial charge in [-0.2, -0.15) is 8.78 Å². The molecule has 1 atom stereocenters. The molecule has 1 unspecified atom stereocenters. The first-order chi connectivity index (χ1) is 15.0. The number of ether oxygens (including phenoxy) is 2. The first-order valence-corrected chi connectivity index (χ1v) is 11.2. The fourth-order valence-corrected chi connectivity index (χ4v) is 5.30. The van der Waals surface area contributed by atoms with E-state index in [-0.39, 0.29) is 23.3 Å². The van der Waals surface area contributed by atoms with Gasteiger partial charge in [-0.05, 0) is 56.2 Å². The third-order valence-electron chi connectivity index (χ3n) is 5.49. The molecule has 0 spiro atoms. The molecule has 4 rings (SSSR count). The third-order valence-corrected chi connectivity index (χ3v) is 6.69. The minimum Gasteiger partial charge on any atom is -0.434 e. The maximum absolute atomic E-state index is 13.1. The van der Waals surface area contributed by atoms with Crippen molar-refractivity contribution in [2.24, 2.45) is 0 Å². The summed E-state index contributed by atoms with van der Waals surface area (Å²) in [6.45, 7) is -1.92.